The smallest absolute Gasteiger partial charge is 0.262 e. The van der Waals surface area contributed by atoms with E-state index in [1.165, 1.54) is 0 Å². The van der Waals surface area contributed by atoms with E-state index in [9.17, 15) is 4.79 Å². The van der Waals surface area contributed by atoms with Crippen LogP contribution in [0, 0.1) is 6.92 Å². The van der Waals surface area contributed by atoms with Crippen LogP contribution in [0.3, 0.4) is 0 Å². The van der Waals surface area contributed by atoms with Crippen LogP contribution in [0.4, 0.5) is 11.6 Å². The maximum atomic E-state index is 12.3. The van der Waals surface area contributed by atoms with Gasteiger partial charge in [-0.05, 0) is 43.7 Å². The summed E-state index contributed by atoms with van der Waals surface area (Å²) in [4.78, 5) is 28.4. The van der Waals surface area contributed by atoms with Crippen molar-refractivity contribution in [3.05, 3.63) is 46.7 Å². The van der Waals surface area contributed by atoms with Crippen LogP contribution in [0.2, 0.25) is 0 Å². The van der Waals surface area contributed by atoms with Gasteiger partial charge in [0.2, 0.25) is 5.95 Å². The number of rotatable bonds is 5. The van der Waals surface area contributed by atoms with Crippen molar-refractivity contribution in [2.75, 3.05) is 29.9 Å². The Labute approximate surface area is 182 Å². The molecule has 2 aliphatic rings. The Hall–Kier alpha value is -2.78. The van der Waals surface area contributed by atoms with Crippen molar-refractivity contribution in [3.8, 4) is 5.75 Å². The first-order chi connectivity index (χ1) is 14.5. The molecule has 154 valence electrons. The van der Waals surface area contributed by atoms with Gasteiger partial charge >= 0.3 is 0 Å². The molecule has 2 unspecified atom stereocenters. The first-order valence-corrected chi connectivity index (χ1v) is 10.7. The summed E-state index contributed by atoms with van der Waals surface area (Å²) in [5.41, 5.74) is 2.08. The van der Waals surface area contributed by atoms with Gasteiger partial charge in [0, 0.05) is 35.0 Å². The highest BCUT2D eigenvalue weighted by molar-refractivity contribution is 9.10. The normalized spacial score (nSPS) is 20.0. The Morgan fingerprint density at radius 2 is 2.17 bits per heavy atom. The minimum Gasteiger partial charge on any atom is -0.484 e. The van der Waals surface area contributed by atoms with Crippen LogP contribution >= 0.6 is 15.9 Å². The van der Waals surface area contributed by atoms with Crippen LogP contribution in [0.15, 0.2) is 41.0 Å². The van der Waals surface area contributed by atoms with Gasteiger partial charge in [-0.1, -0.05) is 15.9 Å². The van der Waals surface area contributed by atoms with Gasteiger partial charge in [0.1, 0.15) is 5.75 Å². The molecule has 5 rings (SSSR count). The number of aryl methyl sites for hydroxylation is 1. The molecule has 3 aromatic rings. The fourth-order valence-electron chi connectivity index (χ4n) is 4.02. The predicted octanol–water partition coefficient (Wildman–Crippen LogP) is 2.66. The van der Waals surface area contributed by atoms with Gasteiger partial charge in [-0.15, -0.1) is 0 Å². The molecule has 2 saturated heterocycles. The maximum absolute atomic E-state index is 12.3. The van der Waals surface area contributed by atoms with Crippen molar-refractivity contribution in [2.24, 2.45) is 0 Å². The summed E-state index contributed by atoms with van der Waals surface area (Å²) in [6, 6.07) is 10.2. The molecule has 4 heterocycles. The molecule has 0 radical (unpaired) electrons. The molecule has 30 heavy (non-hydrogen) atoms. The molecule has 8 nitrogen and oxygen atoms in total. The summed E-state index contributed by atoms with van der Waals surface area (Å²) in [5.74, 6) is 1.11. The Morgan fingerprint density at radius 3 is 2.90 bits per heavy atom. The fraction of sp³-hybridized carbons (Fsp3) is 0.333. The molecule has 1 aromatic carbocycles. The highest BCUT2D eigenvalue weighted by Gasteiger charge is 2.39. The summed E-state index contributed by atoms with van der Waals surface area (Å²) in [6.07, 6.45) is 2.76. The highest BCUT2D eigenvalue weighted by Crippen LogP contribution is 2.29. The van der Waals surface area contributed by atoms with Gasteiger partial charge in [-0.25, -0.2) is 9.97 Å². The minimum absolute atomic E-state index is 0.0837. The second-order valence-corrected chi connectivity index (χ2v) is 8.56. The molecule has 2 aliphatic heterocycles. The molecule has 9 heteroatoms. The van der Waals surface area contributed by atoms with E-state index in [0.29, 0.717) is 29.2 Å². The maximum Gasteiger partial charge on any atom is 0.262 e. The summed E-state index contributed by atoms with van der Waals surface area (Å²) in [7, 11) is 0. The summed E-state index contributed by atoms with van der Waals surface area (Å²) in [5, 5.41) is 7.14. The Bertz CT molecular complexity index is 1110. The zero-order valence-corrected chi connectivity index (χ0v) is 18.0. The van der Waals surface area contributed by atoms with Crippen LogP contribution in [0.25, 0.3) is 11.0 Å². The first kappa shape index (κ1) is 19.2. The third kappa shape index (κ3) is 3.82. The molecule has 2 N–H and O–H groups in total. The van der Waals surface area contributed by atoms with E-state index < -0.39 is 0 Å². The number of carbonyl (C=O) groups excluding carboxylic acids is 1. The molecular formula is C21H21BrN6O2. The number of ether oxygens (including phenoxy) is 1. The SMILES string of the molecule is Cc1nc(N2CC3CC2CN3)nc2ncc(NC(=O)COc3ccc(Br)cc3)cc12. The quantitative estimate of drug-likeness (QED) is 0.594. The average Bonchev–Trinajstić information content (AvgIpc) is 3.37. The molecule has 0 saturated carbocycles. The highest BCUT2D eigenvalue weighted by atomic mass is 79.9. The van der Waals surface area contributed by atoms with Gasteiger partial charge in [0.15, 0.2) is 12.3 Å². The van der Waals surface area contributed by atoms with E-state index in [1.807, 2.05) is 25.1 Å². The number of aromatic nitrogens is 3. The van der Waals surface area contributed by atoms with Gasteiger partial charge in [-0.2, -0.15) is 4.98 Å². The molecule has 1 amide bonds. The van der Waals surface area contributed by atoms with E-state index in [2.05, 4.69) is 41.4 Å². The van der Waals surface area contributed by atoms with E-state index >= 15 is 0 Å². The molecule has 0 aliphatic carbocycles. The van der Waals surface area contributed by atoms with Crippen molar-refractivity contribution in [2.45, 2.75) is 25.4 Å². The monoisotopic (exact) mass is 468 g/mol. The molecule has 2 aromatic heterocycles. The van der Waals surface area contributed by atoms with Gasteiger partial charge in [0.05, 0.1) is 17.6 Å². The van der Waals surface area contributed by atoms with Crippen LogP contribution in [0.1, 0.15) is 12.1 Å². The number of anilines is 2. The lowest BCUT2D eigenvalue weighted by Crippen LogP contribution is -2.44. The molecule has 2 bridgehead atoms. The van der Waals surface area contributed by atoms with Gasteiger partial charge in [-0.3, -0.25) is 4.79 Å². The van der Waals surface area contributed by atoms with Crippen molar-refractivity contribution < 1.29 is 9.53 Å². The number of nitrogens with one attached hydrogen (secondary N) is 2. The van der Waals surface area contributed by atoms with Crippen LogP contribution < -0.4 is 20.3 Å². The number of amides is 1. The topological polar surface area (TPSA) is 92.3 Å². The number of halogens is 1. The van der Waals surface area contributed by atoms with Crippen LogP contribution in [0.5, 0.6) is 5.75 Å². The predicted molar refractivity (Wildman–Crippen MR) is 118 cm³/mol. The number of benzene rings is 1. The van der Waals surface area contributed by atoms with Crippen molar-refractivity contribution in [3.63, 3.8) is 0 Å². The minimum atomic E-state index is -0.255. The lowest BCUT2D eigenvalue weighted by atomic mass is 10.2. The van der Waals surface area contributed by atoms with Crippen molar-refractivity contribution in [1.82, 2.24) is 20.3 Å². The largest absolute Gasteiger partial charge is 0.484 e. The van der Waals surface area contributed by atoms with Gasteiger partial charge < -0.3 is 20.3 Å². The summed E-state index contributed by atoms with van der Waals surface area (Å²) < 4.78 is 6.47. The van der Waals surface area contributed by atoms with Crippen molar-refractivity contribution in [1.29, 1.82) is 0 Å². The Kier molecular flexibility index (Phi) is 5.00. The third-order valence-corrected chi connectivity index (χ3v) is 6.04. The standard InChI is InChI=1S/C21H21BrN6O2/c1-12-18-7-14(26-19(29)11-30-17-4-2-13(22)3-5-17)8-24-20(18)27-21(25-12)28-10-15-6-16(28)9-23-15/h2-5,7-8,15-16,23H,6,9-11H2,1H3,(H,26,29). The Morgan fingerprint density at radius 1 is 1.33 bits per heavy atom. The Balaban J connectivity index is 1.28. The van der Waals surface area contributed by atoms with Crippen LogP contribution in [-0.2, 0) is 4.79 Å². The number of piperazine rings is 1. The van der Waals surface area contributed by atoms with E-state index in [0.717, 1.165) is 41.0 Å². The number of hydrogen-bond acceptors (Lipinski definition) is 7. The van der Waals surface area contributed by atoms with Crippen molar-refractivity contribution >= 4 is 44.5 Å². The zero-order chi connectivity index (χ0) is 20.7. The number of fused-ring (bicyclic) bond motifs is 3. The van der Waals surface area contributed by atoms with E-state index in [-0.39, 0.29) is 12.5 Å². The molecule has 2 fully saturated rings. The lowest BCUT2D eigenvalue weighted by molar-refractivity contribution is -0.118. The lowest BCUT2D eigenvalue weighted by Gasteiger charge is -2.27. The molecule has 2 atom stereocenters. The number of carbonyl (C=O) groups is 1. The second kappa shape index (κ2) is 7.81. The van der Waals surface area contributed by atoms with Gasteiger partial charge in [0.25, 0.3) is 5.91 Å². The second-order valence-electron chi connectivity index (χ2n) is 7.64. The number of nitrogens with zero attached hydrogens (tertiary/aromatic N) is 4. The van der Waals surface area contributed by atoms with E-state index in [4.69, 9.17) is 9.72 Å². The van der Waals surface area contributed by atoms with E-state index in [1.54, 1.807) is 18.3 Å². The first-order valence-electron chi connectivity index (χ1n) is 9.88. The summed E-state index contributed by atoms with van der Waals surface area (Å²) >= 11 is 3.37. The van der Waals surface area contributed by atoms with Crippen LogP contribution in [-0.4, -0.2) is 52.6 Å². The number of pyridine rings is 1. The third-order valence-electron chi connectivity index (χ3n) is 5.51. The summed E-state index contributed by atoms with van der Waals surface area (Å²) in [6.45, 7) is 3.78. The molecular weight excluding hydrogens is 448 g/mol. The zero-order valence-electron chi connectivity index (χ0n) is 16.4. The fourth-order valence-corrected chi connectivity index (χ4v) is 4.29. The molecule has 0 spiro atoms. The number of hydrogen-bond donors (Lipinski definition) is 2. The average molecular weight is 469 g/mol.